The summed E-state index contributed by atoms with van der Waals surface area (Å²) in [5, 5.41) is 0. The maximum Gasteiger partial charge on any atom is -0.00545 e. The third-order valence-electron chi connectivity index (χ3n) is 4.01. The van der Waals surface area contributed by atoms with Gasteiger partial charge in [-0.2, -0.15) is 0 Å². The van der Waals surface area contributed by atoms with Crippen LogP contribution in [0.4, 0.5) is 0 Å². The summed E-state index contributed by atoms with van der Waals surface area (Å²) in [6.07, 6.45) is 14.6. The van der Waals surface area contributed by atoms with Gasteiger partial charge in [-0.1, -0.05) is 55.7 Å². The Morgan fingerprint density at radius 3 is 2.60 bits per heavy atom. The summed E-state index contributed by atoms with van der Waals surface area (Å²) in [5.74, 6) is 0. The first kappa shape index (κ1) is 14.8. The van der Waals surface area contributed by atoms with Crippen molar-refractivity contribution in [1.82, 2.24) is 0 Å². The maximum atomic E-state index is 3.87. The molecule has 106 valence electrons. The van der Waals surface area contributed by atoms with Crippen molar-refractivity contribution < 1.29 is 0 Å². The molecule has 0 heteroatoms. The summed E-state index contributed by atoms with van der Waals surface area (Å²) in [6.45, 7) is 10.0. The summed E-state index contributed by atoms with van der Waals surface area (Å²) in [6, 6.07) is 4.76. The van der Waals surface area contributed by atoms with Crippen molar-refractivity contribution in [3.8, 4) is 0 Å². The largest absolute Gasteiger partial charge is 0.103 e. The summed E-state index contributed by atoms with van der Waals surface area (Å²) in [4.78, 5) is 0. The fraction of sp³-hybridized carbons (Fsp3) is 0.400. The molecule has 0 saturated carbocycles. The van der Waals surface area contributed by atoms with Crippen LogP contribution in [0.1, 0.15) is 54.9 Å². The zero-order valence-electron chi connectivity index (χ0n) is 12.8. The lowest BCUT2D eigenvalue weighted by Crippen LogP contribution is -1.96. The normalized spacial score (nSPS) is 12.9. The molecule has 0 aliphatic heterocycles. The van der Waals surface area contributed by atoms with Crippen LogP contribution in [0.2, 0.25) is 0 Å². The smallest absolute Gasteiger partial charge is 0.00545 e. The molecule has 0 heterocycles. The van der Waals surface area contributed by atoms with Crippen molar-refractivity contribution in [2.24, 2.45) is 0 Å². The highest BCUT2D eigenvalue weighted by Crippen LogP contribution is 2.32. The predicted octanol–water partition coefficient (Wildman–Crippen LogP) is 5.66. The summed E-state index contributed by atoms with van der Waals surface area (Å²) in [5.41, 5.74) is 7.45. The van der Waals surface area contributed by atoms with Crippen LogP contribution in [-0.2, 0) is 19.3 Å². The first-order valence-corrected chi connectivity index (χ1v) is 7.84. The van der Waals surface area contributed by atoms with Gasteiger partial charge in [-0.3, -0.25) is 0 Å². The standard InChI is InChI=1S/C20H26/c1-4-7-8-11-18-12-16(9-5-2)13-19-14-17(10-6-3)15-20(18)19/h5-6,12-13,15H,2-4,7-11,14H2,1H3. The minimum atomic E-state index is 0.977. The second-order valence-corrected chi connectivity index (χ2v) is 5.75. The quantitative estimate of drug-likeness (QED) is 0.420. The van der Waals surface area contributed by atoms with Gasteiger partial charge in [0.05, 0.1) is 0 Å². The van der Waals surface area contributed by atoms with Crippen LogP contribution in [0.15, 0.2) is 43.0 Å². The van der Waals surface area contributed by atoms with E-state index in [2.05, 4.69) is 38.3 Å². The molecule has 0 unspecified atom stereocenters. The Bertz CT molecular complexity index is 517. The Kier molecular flexibility index (Phi) is 5.40. The lowest BCUT2D eigenvalue weighted by atomic mass is 9.94. The molecule has 1 aromatic rings. The Hall–Kier alpha value is -1.56. The lowest BCUT2D eigenvalue weighted by molar-refractivity contribution is 0.716. The molecule has 0 spiro atoms. The van der Waals surface area contributed by atoms with Crippen LogP contribution in [0.25, 0.3) is 6.08 Å². The van der Waals surface area contributed by atoms with Crippen LogP contribution < -0.4 is 0 Å². The Morgan fingerprint density at radius 1 is 1.10 bits per heavy atom. The van der Waals surface area contributed by atoms with E-state index >= 15 is 0 Å². The third kappa shape index (κ3) is 3.50. The zero-order valence-corrected chi connectivity index (χ0v) is 12.8. The number of hydrogen-bond donors (Lipinski definition) is 0. The van der Waals surface area contributed by atoms with Gasteiger partial charge in [-0.15, -0.1) is 13.2 Å². The third-order valence-corrected chi connectivity index (χ3v) is 4.01. The minimum Gasteiger partial charge on any atom is -0.103 e. The molecule has 0 bridgehead atoms. The molecular weight excluding hydrogens is 240 g/mol. The van der Waals surface area contributed by atoms with E-state index in [0.29, 0.717) is 0 Å². The molecule has 0 radical (unpaired) electrons. The summed E-state index contributed by atoms with van der Waals surface area (Å²) >= 11 is 0. The first-order valence-electron chi connectivity index (χ1n) is 7.84. The number of aryl methyl sites for hydroxylation is 1. The Labute approximate surface area is 123 Å². The molecule has 1 aromatic carbocycles. The van der Waals surface area contributed by atoms with Gasteiger partial charge < -0.3 is 0 Å². The van der Waals surface area contributed by atoms with Crippen LogP contribution >= 0.6 is 0 Å². The molecule has 0 N–H and O–H groups in total. The lowest BCUT2D eigenvalue weighted by Gasteiger charge is -2.11. The SMILES string of the molecule is C=CCC1=Cc2c(CCCCC)cc(CC=C)cc2C1. The molecule has 2 rings (SSSR count). The van der Waals surface area contributed by atoms with Crippen LogP contribution in [0.3, 0.4) is 0 Å². The highest BCUT2D eigenvalue weighted by atomic mass is 14.2. The van der Waals surface area contributed by atoms with E-state index in [1.807, 2.05) is 12.2 Å². The second kappa shape index (κ2) is 7.28. The van der Waals surface area contributed by atoms with Crippen molar-refractivity contribution in [1.29, 1.82) is 0 Å². The molecule has 1 aliphatic carbocycles. The second-order valence-electron chi connectivity index (χ2n) is 5.75. The minimum absolute atomic E-state index is 0.977. The van der Waals surface area contributed by atoms with Crippen LogP contribution in [-0.4, -0.2) is 0 Å². The van der Waals surface area contributed by atoms with Gasteiger partial charge in [0.25, 0.3) is 0 Å². The molecule has 0 atom stereocenters. The monoisotopic (exact) mass is 266 g/mol. The molecule has 0 nitrogen and oxygen atoms in total. The van der Waals surface area contributed by atoms with Gasteiger partial charge in [0, 0.05) is 0 Å². The van der Waals surface area contributed by atoms with Crippen molar-refractivity contribution in [2.45, 2.75) is 51.9 Å². The van der Waals surface area contributed by atoms with E-state index in [1.54, 1.807) is 0 Å². The molecule has 0 fully saturated rings. The van der Waals surface area contributed by atoms with E-state index < -0.39 is 0 Å². The van der Waals surface area contributed by atoms with Gasteiger partial charge >= 0.3 is 0 Å². The number of rotatable bonds is 8. The fourth-order valence-corrected chi connectivity index (χ4v) is 3.06. The average molecular weight is 266 g/mol. The van der Waals surface area contributed by atoms with E-state index in [1.165, 1.54) is 53.5 Å². The predicted molar refractivity (Wildman–Crippen MR) is 90.1 cm³/mol. The van der Waals surface area contributed by atoms with Gasteiger partial charge in [0.1, 0.15) is 0 Å². The highest BCUT2D eigenvalue weighted by molar-refractivity contribution is 5.68. The number of unbranched alkanes of at least 4 members (excludes halogenated alkanes) is 2. The number of hydrogen-bond acceptors (Lipinski definition) is 0. The first-order chi connectivity index (χ1) is 9.78. The zero-order chi connectivity index (χ0) is 14.4. The van der Waals surface area contributed by atoms with Crippen molar-refractivity contribution in [2.75, 3.05) is 0 Å². The van der Waals surface area contributed by atoms with E-state index in [9.17, 15) is 0 Å². The molecule has 0 aromatic heterocycles. The molecule has 20 heavy (non-hydrogen) atoms. The van der Waals surface area contributed by atoms with Crippen molar-refractivity contribution in [3.63, 3.8) is 0 Å². The average Bonchev–Trinajstić information content (AvgIpc) is 2.82. The van der Waals surface area contributed by atoms with E-state index in [-0.39, 0.29) is 0 Å². The van der Waals surface area contributed by atoms with Crippen LogP contribution in [0.5, 0.6) is 0 Å². The number of fused-ring (bicyclic) bond motifs is 1. The Morgan fingerprint density at radius 2 is 1.90 bits per heavy atom. The van der Waals surface area contributed by atoms with Gasteiger partial charge in [0.2, 0.25) is 0 Å². The summed E-state index contributed by atoms with van der Waals surface area (Å²) in [7, 11) is 0. The van der Waals surface area contributed by atoms with E-state index in [0.717, 1.165) is 19.3 Å². The topological polar surface area (TPSA) is 0 Å². The van der Waals surface area contributed by atoms with Gasteiger partial charge in [0.15, 0.2) is 0 Å². The summed E-state index contributed by atoms with van der Waals surface area (Å²) < 4.78 is 0. The van der Waals surface area contributed by atoms with Crippen LogP contribution in [0, 0.1) is 0 Å². The van der Waals surface area contributed by atoms with E-state index in [4.69, 9.17) is 0 Å². The number of benzene rings is 1. The molecule has 0 saturated heterocycles. The fourth-order valence-electron chi connectivity index (χ4n) is 3.06. The number of allylic oxidation sites excluding steroid dienone is 3. The van der Waals surface area contributed by atoms with Crippen molar-refractivity contribution >= 4 is 6.08 Å². The molecule has 1 aliphatic rings. The van der Waals surface area contributed by atoms with Gasteiger partial charge in [-0.05, 0) is 54.4 Å². The maximum absolute atomic E-state index is 3.87. The molecular formula is C20H26. The van der Waals surface area contributed by atoms with Gasteiger partial charge in [-0.25, -0.2) is 0 Å². The van der Waals surface area contributed by atoms with Crippen molar-refractivity contribution in [3.05, 3.63) is 65.3 Å². The molecule has 0 amide bonds. The highest BCUT2D eigenvalue weighted by Gasteiger charge is 2.16. The Balaban J connectivity index is 2.26.